The summed E-state index contributed by atoms with van der Waals surface area (Å²) in [5.74, 6) is 0.501. The lowest BCUT2D eigenvalue weighted by atomic mass is 10.3. The fourth-order valence-electron chi connectivity index (χ4n) is 2.67. The van der Waals surface area contributed by atoms with Crippen LogP contribution < -0.4 is 21.9 Å². The molecule has 0 bridgehead atoms. The molecule has 0 amide bonds. The lowest BCUT2D eigenvalue weighted by Crippen LogP contribution is -2.38. The minimum Gasteiger partial charge on any atom is -0.385 e. The first-order chi connectivity index (χ1) is 13.3. The van der Waals surface area contributed by atoms with Crippen molar-refractivity contribution in [1.29, 1.82) is 0 Å². The van der Waals surface area contributed by atoms with Crippen LogP contribution in [-0.4, -0.2) is 52.2 Å². The highest BCUT2D eigenvalue weighted by Gasteiger charge is 2.06. The molecule has 0 spiro atoms. The number of benzene rings is 1. The van der Waals surface area contributed by atoms with Gasteiger partial charge in [0.15, 0.2) is 0 Å². The normalized spacial score (nSPS) is 10.5. The summed E-state index contributed by atoms with van der Waals surface area (Å²) in [4.78, 5) is 36.0. The van der Waals surface area contributed by atoms with Crippen LogP contribution in [0.15, 0.2) is 39.9 Å². The molecule has 160 valence electrons. The number of non-ortho nitro benzene ring substituents is 1. The van der Waals surface area contributed by atoms with E-state index in [1.165, 1.54) is 29.8 Å². The van der Waals surface area contributed by atoms with Crippen LogP contribution in [0.2, 0.25) is 0 Å². The van der Waals surface area contributed by atoms with Crippen LogP contribution in [0.4, 0.5) is 17.2 Å². The first kappa shape index (κ1) is 24.2. The average molecular weight is 427 g/mol. The highest BCUT2D eigenvalue weighted by atomic mass is 35.5. The van der Waals surface area contributed by atoms with E-state index >= 15 is 0 Å². The molecule has 1 aromatic heterocycles. The molecule has 1 aromatic carbocycles. The standard InChI is InChI=1S/C18H26N6O4.ClH/c1-21(11-4-9-19-14-5-7-15(8-6-14)24(27)28)12-10-20-16-13-17(25)23(3)18(26)22(16)2;/h5-8,13,19-20H,4,9-12H2,1-3H3;1H. The monoisotopic (exact) mass is 426 g/mol. The summed E-state index contributed by atoms with van der Waals surface area (Å²) >= 11 is 0. The van der Waals surface area contributed by atoms with Crippen LogP contribution in [0.1, 0.15) is 6.42 Å². The Labute approximate surface area is 174 Å². The Bertz CT molecular complexity index is 925. The van der Waals surface area contributed by atoms with Crippen LogP contribution >= 0.6 is 12.4 Å². The fraction of sp³-hybridized carbons (Fsp3) is 0.444. The molecule has 0 atom stereocenters. The van der Waals surface area contributed by atoms with E-state index < -0.39 is 4.92 Å². The number of aromatic nitrogens is 2. The third-order valence-corrected chi connectivity index (χ3v) is 4.45. The van der Waals surface area contributed by atoms with E-state index in [9.17, 15) is 19.7 Å². The van der Waals surface area contributed by atoms with Gasteiger partial charge in [-0.15, -0.1) is 12.4 Å². The highest BCUT2D eigenvalue weighted by Crippen LogP contribution is 2.15. The molecule has 2 rings (SSSR count). The molecule has 0 aliphatic rings. The van der Waals surface area contributed by atoms with E-state index in [4.69, 9.17) is 0 Å². The molecular formula is C18H27ClN6O4. The quantitative estimate of drug-likeness (QED) is 0.334. The molecule has 0 unspecified atom stereocenters. The minimum absolute atomic E-state index is 0. The smallest absolute Gasteiger partial charge is 0.332 e. The van der Waals surface area contributed by atoms with E-state index in [2.05, 4.69) is 15.5 Å². The predicted octanol–water partition coefficient (Wildman–Crippen LogP) is 1.26. The average Bonchev–Trinajstić information content (AvgIpc) is 2.68. The maximum atomic E-state index is 11.9. The van der Waals surface area contributed by atoms with Crippen molar-refractivity contribution in [3.8, 4) is 0 Å². The van der Waals surface area contributed by atoms with Crippen molar-refractivity contribution >= 4 is 29.6 Å². The first-order valence-electron chi connectivity index (χ1n) is 8.97. The highest BCUT2D eigenvalue weighted by molar-refractivity contribution is 5.85. The number of nitro groups is 1. The summed E-state index contributed by atoms with van der Waals surface area (Å²) in [5.41, 5.74) is 0.227. The van der Waals surface area contributed by atoms with Gasteiger partial charge in [-0.05, 0) is 32.1 Å². The minimum atomic E-state index is -0.419. The van der Waals surface area contributed by atoms with Crippen LogP contribution in [0, 0.1) is 10.1 Å². The van der Waals surface area contributed by atoms with Gasteiger partial charge in [-0.25, -0.2) is 4.79 Å². The molecule has 0 radical (unpaired) electrons. The number of likely N-dealkylation sites (N-methyl/N-ethyl adjacent to an activating group) is 1. The van der Waals surface area contributed by atoms with Crippen LogP contribution in [-0.2, 0) is 14.1 Å². The molecule has 1 heterocycles. The second kappa shape index (κ2) is 11.2. The Morgan fingerprint density at radius 1 is 1.03 bits per heavy atom. The third-order valence-electron chi connectivity index (χ3n) is 4.45. The van der Waals surface area contributed by atoms with Gasteiger partial charge in [-0.2, -0.15) is 0 Å². The second-order valence-corrected chi connectivity index (χ2v) is 6.58. The largest absolute Gasteiger partial charge is 0.385 e. The number of nitro benzene ring substituents is 1. The van der Waals surface area contributed by atoms with Crippen molar-refractivity contribution in [3.05, 3.63) is 61.3 Å². The summed E-state index contributed by atoms with van der Waals surface area (Å²) in [6.07, 6.45) is 0.901. The number of nitrogens with one attached hydrogen (secondary N) is 2. The van der Waals surface area contributed by atoms with Crippen molar-refractivity contribution in [2.75, 3.05) is 43.9 Å². The molecule has 10 nitrogen and oxygen atoms in total. The fourth-order valence-corrected chi connectivity index (χ4v) is 2.67. The van der Waals surface area contributed by atoms with Gasteiger partial charge in [-0.3, -0.25) is 24.0 Å². The van der Waals surface area contributed by atoms with Crippen molar-refractivity contribution in [2.45, 2.75) is 6.42 Å². The van der Waals surface area contributed by atoms with E-state index in [0.717, 1.165) is 36.3 Å². The number of hydrogen-bond donors (Lipinski definition) is 2. The molecule has 2 aromatic rings. The zero-order valence-electron chi connectivity index (χ0n) is 16.8. The Balaban J connectivity index is 0.00000420. The number of nitrogens with zero attached hydrogens (tertiary/aromatic N) is 4. The molecule has 29 heavy (non-hydrogen) atoms. The Kier molecular flexibility index (Phi) is 9.36. The number of halogens is 1. The maximum absolute atomic E-state index is 11.9. The lowest BCUT2D eigenvalue weighted by molar-refractivity contribution is -0.384. The van der Waals surface area contributed by atoms with Crippen molar-refractivity contribution < 1.29 is 4.92 Å². The van der Waals surface area contributed by atoms with E-state index in [0.29, 0.717) is 12.4 Å². The van der Waals surface area contributed by atoms with Crippen molar-refractivity contribution in [3.63, 3.8) is 0 Å². The summed E-state index contributed by atoms with van der Waals surface area (Å²) in [6.45, 7) is 2.96. The van der Waals surface area contributed by atoms with E-state index in [1.54, 1.807) is 19.2 Å². The Morgan fingerprint density at radius 2 is 1.69 bits per heavy atom. The van der Waals surface area contributed by atoms with Gasteiger partial charge in [0.05, 0.1) is 4.92 Å². The third kappa shape index (κ3) is 6.91. The van der Waals surface area contributed by atoms with Gasteiger partial charge < -0.3 is 15.5 Å². The summed E-state index contributed by atoms with van der Waals surface area (Å²) in [5, 5.41) is 17.0. The summed E-state index contributed by atoms with van der Waals surface area (Å²) in [6, 6.07) is 7.75. The van der Waals surface area contributed by atoms with Gasteiger partial charge >= 0.3 is 5.69 Å². The van der Waals surface area contributed by atoms with Crippen molar-refractivity contribution in [2.24, 2.45) is 14.1 Å². The molecule has 0 saturated heterocycles. The zero-order valence-corrected chi connectivity index (χ0v) is 17.6. The van der Waals surface area contributed by atoms with Gasteiger partial charge in [0.25, 0.3) is 11.2 Å². The molecule has 0 fully saturated rings. The molecule has 11 heteroatoms. The summed E-state index contributed by atoms with van der Waals surface area (Å²) in [7, 11) is 5.07. The first-order valence-corrected chi connectivity index (χ1v) is 8.97. The molecule has 0 aliphatic heterocycles. The zero-order chi connectivity index (χ0) is 20.7. The van der Waals surface area contributed by atoms with Gasteiger partial charge in [0.1, 0.15) is 5.82 Å². The van der Waals surface area contributed by atoms with Crippen LogP contribution in [0.25, 0.3) is 0 Å². The lowest BCUT2D eigenvalue weighted by Gasteiger charge is -2.18. The molecular weight excluding hydrogens is 400 g/mol. The summed E-state index contributed by atoms with van der Waals surface area (Å²) < 4.78 is 2.48. The number of rotatable bonds is 10. The van der Waals surface area contributed by atoms with Gasteiger partial charge in [0.2, 0.25) is 0 Å². The molecule has 0 aliphatic carbocycles. The molecule has 2 N–H and O–H groups in total. The van der Waals surface area contributed by atoms with Gasteiger partial charge in [0, 0.05) is 57.6 Å². The van der Waals surface area contributed by atoms with E-state index in [-0.39, 0.29) is 29.3 Å². The maximum Gasteiger partial charge on any atom is 0.332 e. The van der Waals surface area contributed by atoms with Crippen LogP contribution in [0.5, 0.6) is 0 Å². The van der Waals surface area contributed by atoms with E-state index in [1.807, 2.05) is 7.05 Å². The Morgan fingerprint density at radius 3 is 2.31 bits per heavy atom. The van der Waals surface area contributed by atoms with Crippen LogP contribution in [0.3, 0.4) is 0 Å². The number of hydrogen-bond acceptors (Lipinski definition) is 7. The van der Waals surface area contributed by atoms with Gasteiger partial charge in [-0.1, -0.05) is 0 Å². The predicted molar refractivity (Wildman–Crippen MR) is 116 cm³/mol. The topological polar surface area (TPSA) is 114 Å². The molecule has 0 saturated carbocycles. The van der Waals surface area contributed by atoms with Crippen molar-refractivity contribution in [1.82, 2.24) is 14.0 Å². The second-order valence-electron chi connectivity index (χ2n) is 6.58. The SMILES string of the molecule is CN(CCCNc1ccc([N+](=O)[O-])cc1)CCNc1cc(=O)n(C)c(=O)n1C.Cl. The Hall–Kier alpha value is -2.85. The number of anilines is 2.